The molecular formula is C24H25N5O4. The molecule has 0 saturated carbocycles. The summed E-state index contributed by atoms with van der Waals surface area (Å²) in [5, 5.41) is 14.0. The number of benzene rings is 2. The molecule has 170 valence electrons. The lowest BCUT2D eigenvalue weighted by Crippen LogP contribution is -2.19. The maximum absolute atomic E-state index is 12.8. The van der Waals surface area contributed by atoms with E-state index in [1.165, 1.54) is 4.68 Å². The molecule has 0 unspecified atom stereocenters. The summed E-state index contributed by atoms with van der Waals surface area (Å²) >= 11 is 0. The molecule has 3 aromatic rings. The average Bonchev–Trinajstić information content (AvgIpc) is 3.21. The molecule has 1 N–H and O–H groups in total. The van der Waals surface area contributed by atoms with Crippen molar-refractivity contribution in [2.45, 2.75) is 27.2 Å². The summed E-state index contributed by atoms with van der Waals surface area (Å²) in [6.07, 6.45) is 2.00. The molecule has 0 aliphatic carbocycles. The van der Waals surface area contributed by atoms with E-state index in [9.17, 15) is 14.4 Å². The molecular weight excluding hydrogens is 422 g/mol. The Labute approximate surface area is 191 Å². The summed E-state index contributed by atoms with van der Waals surface area (Å²) in [5.74, 6) is -0.557. The Morgan fingerprint density at radius 3 is 2.36 bits per heavy atom. The zero-order chi connectivity index (χ0) is 23.8. The first-order chi connectivity index (χ1) is 15.8. The van der Waals surface area contributed by atoms with Crippen LogP contribution in [0.2, 0.25) is 0 Å². The highest BCUT2D eigenvalue weighted by molar-refractivity contribution is 6.16. The minimum absolute atomic E-state index is 0.0831. The molecule has 0 radical (unpaired) electrons. The average molecular weight is 447 g/mol. The van der Waals surface area contributed by atoms with Crippen LogP contribution in [0.15, 0.2) is 54.6 Å². The summed E-state index contributed by atoms with van der Waals surface area (Å²) in [5.41, 5.74) is 1.79. The van der Waals surface area contributed by atoms with Gasteiger partial charge in [0.05, 0.1) is 0 Å². The number of aromatic nitrogens is 4. The van der Waals surface area contributed by atoms with Crippen molar-refractivity contribution in [3.05, 3.63) is 71.5 Å². The standard InChI is InChI=1S/C24H25N5O4/c1-16(2)13-23(31)25-20-11-9-19(10-12-20)22(30)15-33-24(32)21(29-17(3)26-27-28-29)14-18-7-5-4-6-8-18/h4-12,14,16H,13,15H2,1-3H3,(H,25,31)/b21-14-. The van der Waals surface area contributed by atoms with Gasteiger partial charge in [0, 0.05) is 17.7 Å². The summed E-state index contributed by atoms with van der Waals surface area (Å²) in [7, 11) is 0. The van der Waals surface area contributed by atoms with Crippen molar-refractivity contribution < 1.29 is 19.1 Å². The van der Waals surface area contributed by atoms with Crippen molar-refractivity contribution in [1.82, 2.24) is 20.2 Å². The fourth-order valence-corrected chi connectivity index (χ4v) is 2.98. The Morgan fingerprint density at radius 1 is 1.06 bits per heavy atom. The van der Waals surface area contributed by atoms with Crippen LogP contribution in [0.25, 0.3) is 11.8 Å². The quantitative estimate of drug-likeness (QED) is 0.304. The summed E-state index contributed by atoms with van der Waals surface area (Å²) in [6.45, 7) is 5.12. The first-order valence-corrected chi connectivity index (χ1v) is 10.5. The number of carbonyl (C=O) groups is 3. The second kappa shape index (κ2) is 10.9. The van der Waals surface area contributed by atoms with Crippen molar-refractivity contribution in [1.29, 1.82) is 0 Å². The molecule has 2 aromatic carbocycles. The number of ether oxygens (including phenoxy) is 1. The van der Waals surface area contributed by atoms with Crippen LogP contribution >= 0.6 is 0 Å². The van der Waals surface area contributed by atoms with E-state index in [0.29, 0.717) is 23.5 Å². The topological polar surface area (TPSA) is 116 Å². The van der Waals surface area contributed by atoms with Gasteiger partial charge in [-0.3, -0.25) is 9.59 Å². The van der Waals surface area contributed by atoms with Gasteiger partial charge in [-0.1, -0.05) is 44.2 Å². The van der Waals surface area contributed by atoms with Crippen LogP contribution in [0.1, 0.15) is 42.0 Å². The molecule has 33 heavy (non-hydrogen) atoms. The van der Waals surface area contributed by atoms with Gasteiger partial charge in [-0.2, -0.15) is 4.68 Å². The number of nitrogens with zero attached hydrogens (tertiary/aromatic N) is 4. The van der Waals surface area contributed by atoms with Crippen LogP contribution in [0.3, 0.4) is 0 Å². The van der Waals surface area contributed by atoms with Crippen molar-refractivity contribution >= 4 is 35.1 Å². The van der Waals surface area contributed by atoms with Crippen LogP contribution < -0.4 is 5.32 Å². The maximum Gasteiger partial charge on any atom is 0.357 e. The summed E-state index contributed by atoms with van der Waals surface area (Å²) in [4.78, 5) is 37.2. The van der Waals surface area contributed by atoms with Gasteiger partial charge in [0.2, 0.25) is 5.91 Å². The Kier molecular flexibility index (Phi) is 7.80. The fraction of sp³-hybridized carbons (Fsp3) is 0.250. The molecule has 9 nitrogen and oxygen atoms in total. The van der Waals surface area contributed by atoms with E-state index in [0.717, 1.165) is 5.56 Å². The zero-order valence-electron chi connectivity index (χ0n) is 18.7. The number of tetrazole rings is 1. The molecule has 1 heterocycles. The Hall–Kier alpha value is -4.14. The van der Waals surface area contributed by atoms with Crippen LogP contribution in [0, 0.1) is 12.8 Å². The highest BCUT2D eigenvalue weighted by Gasteiger charge is 2.19. The molecule has 0 bridgehead atoms. The lowest BCUT2D eigenvalue weighted by atomic mass is 10.1. The molecule has 0 fully saturated rings. The van der Waals surface area contributed by atoms with Gasteiger partial charge in [-0.25, -0.2) is 4.79 Å². The van der Waals surface area contributed by atoms with Crippen molar-refractivity contribution in [2.75, 3.05) is 11.9 Å². The molecule has 1 aromatic heterocycles. The Bertz CT molecular complexity index is 1150. The van der Waals surface area contributed by atoms with Gasteiger partial charge < -0.3 is 10.1 Å². The summed E-state index contributed by atoms with van der Waals surface area (Å²) in [6, 6.07) is 15.6. The van der Waals surface area contributed by atoms with Crippen LogP contribution in [0.5, 0.6) is 0 Å². The number of ketones is 1. The molecule has 1 amide bonds. The van der Waals surface area contributed by atoms with Crippen LogP contribution in [0.4, 0.5) is 5.69 Å². The number of Topliss-reactive ketones (excluding diaryl/α,β-unsaturated/α-hetero) is 1. The molecule has 0 aliphatic rings. The number of hydrogen-bond acceptors (Lipinski definition) is 7. The predicted molar refractivity (Wildman–Crippen MR) is 123 cm³/mol. The third kappa shape index (κ3) is 6.67. The second-order valence-electron chi connectivity index (χ2n) is 7.80. The molecule has 0 saturated heterocycles. The van der Waals surface area contributed by atoms with Gasteiger partial charge >= 0.3 is 5.97 Å². The summed E-state index contributed by atoms with van der Waals surface area (Å²) < 4.78 is 6.53. The van der Waals surface area contributed by atoms with Crippen LogP contribution in [-0.4, -0.2) is 44.5 Å². The highest BCUT2D eigenvalue weighted by atomic mass is 16.5. The predicted octanol–water partition coefficient (Wildman–Crippen LogP) is 3.39. The molecule has 0 aliphatic heterocycles. The van der Waals surface area contributed by atoms with Crippen LogP contribution in [-0.2, 0) is 14.3 Å². The highest BCUT2D eigenvalue weighted by Crippen LogP contribution is 2.15. The van der Waals surface area contributed by atoms with Gasteiger partial charge in [-0.15, -0.1) is 5.10 Å². The molecule has 9 heteroatoms. The van der Waals surface area contributed by atoms with Gasteiger partial charge in [0.1, 0.15) is 0 Å². The number of rotatable bonds is 9. The number of amides is 1. The van der Waals surface area contributed by atoms with Gasteiger partial charge in [-0.05, 0) is 59.2 Å². The van der Waals surface area contributed by atoms with E-state index in [1.807, 2.05) is 44.2 Å². The van der Waals surface area contributed by atoms with Crippen molar-refractivity contribution in [3.8, 4) is 0 Å². The number of esters is 1. The van der Waals surface area contributed by atoms with E-state index in [-0.39, 0.29) is 23.3 Å². The number of nitrogens with one attached hydrogen (secondary N) is 1. The smallest absolute Gasteiger partial charge is 0.357 e. The first-order valence-electron chi connectivity index (χ1n) is 10.5. The fourth-order valence-electron chi connectivity index (χ4n) is 2.98. The Morgan fingerprint density at radius 2 is 1.76 bits per heavy atom. The molecule has 0 spiro atoms. The number of hydrogen-bond donors (Lipinski definition) is 1. The lowest BCUT2D eigenvalue weighted by Gasteiger charge is -2.10. The first kappa shape index (κ1) is 23.5. The number of carbonyl (C=O) groups excluding carboxylic acids is 3. The number of aryl methyl sites for hydroxylation is 1. The normalized spacial score (nSPS) is 11.3. The van der Waals surface area contributed by atoms with E-state index in [2.05, 4.69) is 20.8 Å². The van der Waals surface area contributed by atoms with E-state index in [4.69, 9.17) is 4.74 Å². The lowest BCUT2D eigenvalue weighted by molar-refractivity contribution is -0.136. The van der Waals surface area contributed by atoms with Gasteiger partial charge in [0.25, 0.3) is 0 Å². The van der Waals surface area contributed by atoms with Crippen molar-refractivity contribution in [3.63, 3.8) is 0 Å². The van der Waals surface area contributed by atoms with E-state index in [1.54, 1.807) is 37.3 Å². The van der Waals surface area contributed by atoms with E-state index >= 15 is 0 Å². The zero-order valence-corrected chi connectivity index (χ0v) is 18.7. The molecule has 3 rings (SSSR count). The minimum Gasteiger partial charge on any atom is -0.453 e. The monoisotopic (exact) mass is 447 g/mol. The number of anilines is 1. The third-order valence-corrected chi connectivity index (χ3v) is 4.58. The Balaban J connectivity index is 1.66. The minimum atomic E-state index is -0.736. The van der Waals surface area contributed by atoms with E-state index < -0.39 is 12.6 Å². The SMILES string of the molecule is Cc1nnnn1/C(=C\c1ccccc1)C(=O)OCC(=O)c1ccc(NC(=O)CC(C)C)cc1. The van der Waals surface area contributed by atoms with Gasteiger partial charge in [0.15, 0.2) is 23.9 Å². The van der Waals surface area contributed by atoms with Crippen molar-refractivity contribution in [2.24, 2.45) is 5.92 Å². The second-order valence-corrected chi connectivity index (χ2v) is 7.80. The maximum atomic E-state index is 12.8. The third-order valence-electron chi connectivity index (χ3n) is 4.58. The molecule has 0 atom stereocenters. The largest absolute Gasteiger partial charge is 0.453 e.